The number of nitrogens with one attached hydrogen (secondary N) is 1. The second-order valence-corrected chi connectivity index (χ2v) is 7.48. The highest BCUT2D eigenvalue weighted by Gasteiger charge is 2.40. The third-order valence-corrected chi connectivity index (χ3v) is 5.23. The monoisotopic (exact) mass is 342 g/mol. The van der Waals surface area contributed by atoms with Gasteiger partial charge in [0.2, 0.25) is 5.91 Å². The van der Waals surface area contributed by atoms with Crippen molar-refractivity contribution in [3.63, 3.8) is 0 Å². The summed E-state index contributed by atoms with van der Waals surface area (Å²) in [4.78, 5) is 34.6. The van der Waals surface area contributed by atoms with E-state index in [1.807, 2.05) is 0 Å². The lowest BCUT2D eigenvalue weighted by atomic mass is 9.76. The zero-order valence-electron chi connectivity index (χ0n) is 15.0. The Morgan fingerprint density at radius 2 is 2.00 bits per heavy atom. The number of carbonyl (C=O) groups is 3. The SMILES string of the molecule is COC(=O)C(CCC1C(C)CCC1(C)C)NC(=O)[C@@H](N)CC(=O)O. The van der Waals surface area contributed by atoms with Gasteiger partial charge in [-0.2, -0.15) is 0 Å². The van der Waals surface area contributed by atoms with Gasteiger partial charge in [-0.15, -0.1) is 0 Å². The second kappa shape index (κ2) is 8.46. The van der Waals surface area contributed by atoms with Gasteiger partial charge in [0, 0.05) is 0 Å². The molecule has 0 bridgehead atoms. The first-order valence-electron chi connectivity index (χ1n) is 8.44. The van der Waals surface area contributed by atoms with E-state index in [9.17, 15) is 14.4 Å². The maximum Gasteiger partial charge on any atom is 0.328 e. The number of hydrogen-bond donors (Lipinski definition) is 3. The molecule has 1 aliphatic rings. The number of carbonyl (C=O) groups excluding carboxylic acids is 2. The molecule has 0 saturated heterocycles. The Hall–Kier alpha value is -1.63. The Bertz CT molecular complexity index is 478. The molecule has 0 aromatic rings. The number of aliphatic carboxylic acids is 1. The van der Waals surface area contributed by atoms with Gasteiger partial charge < -0.3 is 20.9 Å². The van der Waals surface area contributed by atoms with Crippen LogP contribution in [-0.4, -0.2) is 42.1 Å². The largest absolute Gasteiger partial charge is 0.481 e. The quantitative estimate of drug-likeness (QED) is 0.572. The molecule has 1 saturated carbocycles. The summed E-state index contributed by atoms with van der Waals surface area (Å²) in [7, 11) is 1.26. The van der Waals surface area contributed by atoms with Gasteiger partial charge in [-0.05, 0) is 42.9 Å². The van der Waals surface area contributed by atoms with Crippen molar-refractivity contribution in [3.05, 3.63) is 0 Å². The maximum atomic E-state index is 12.0. The summed E-state index contributed by atoms with van der Waals surface area (Å²) in [5.41, 5.74) is 5.76. The summed E-state index contributed by atoms with van der Waals surface area (Å²) >= 11 is 0. The number of nitrogens with two attached hydrogens (primary N) is 1. The van der Waals surface area contributed by atoms with Crippen LogP contribution in [0.5, 0.6) is 0 Å². The Morgan fingerprint density at radius 3 is 2.46 bits per heavy atom. The van der Waals surface area contributed by atoms with Gasteiger partial charge in [0.15, 0.2) is 0 Å². The molecule has 1 rings (SSSR count). The highest BCUT2D eigenvalue weighted by molar-refractivity contribution is 5.89. The van der Waals surface area contributed by atoms with Crippen LogP contribution < -0.4 is 11.1 Å². The maximum absolute atomic E-state index is 12.0. The lowest BCUT2D eigenvalue weighted by Crippen LogP contribution is -2.49. The predicted octanol–water partition coefficient (Wildman–Crippen LogP) is 1.30. The number of rotatable bonds is 8. The molecule has 0 spiro atoms. The van der Waals surface area contributed by atoms with Crippen LogP contribution in [0.25, 0.3) is 0 Å². The van der Waals surface area contributed by atoms with Crippen LogP contribution in [0, 0.1) is 17.3 Å². The summed E-state index contributed by atoms with van der Waals surface area (Å²) in [5, 5.41) is 11.2. The first-order chi connectivity index (χ1) is 11.1. The third-order valence-electron chi connectivity index (χ3n) is 5.23. The fourth-order valence-electron chi connectivity index (χ4n) is 3.73. The first kappa shape index (κ1) is 20.4. The van der Waals surface area contributed by atoms with Crippen molar-refractivity contribution in [2.75, 3.05) is 7.11 Å². The standard InChI is InChI=1S/C17H30N2O5/c1-10-7-8-17(2,3)11(10)5-6-13(16(23)24-4)19-15(22)12(18)9-14(20)21/h10-13H,5-9,18H2,1-4H3,(H,19,22)(H,20,21)/t10?,11?,12-,13?/m0/s1. The van der Waals surface area contributed by atoms with E-state index in [0.29, 0.717) is 18.3 Å². The smallest absolute Gasteiger partial charge is 0.328 e. The number of amides is 1. The molecule has 0 aliphatic heterocycles. The van der Waals surface area contributed by atoms with Crippen molar-refractivity contribution in [1.82, 2.24) is 5.32 Å². The lowest BCUT2D eigenvalue weighted by molar-refractivity contribution is -0.145. The van der Waals surface area contributed by atoms with E-state index in [1.54, 1.807) is 0 Å². The van der Waals surface area contributed by atoms with Gasteiger partial charge in [0.05, 0.1) is 19.6 Å². The van der Waals surface area contributed by atoms with E-state index in [0.717, 1.165) is 19.3 Å². The van der Waals surface area contributed by atoms with E-state index in [1.165, 1.54) is 7.11 Å². The molecular weight excluding hydrogens is 312 g/mol. The van der Waals surface area contributed by atoms with Crippen LogP contribution in [0.4, 0.5) is 0 Å². The molecule has 4 N–H and O–H groups in total. The summed E-state index contributed by atoms with van der Waals surface area (Å²) in [5.74, 6) is -1.30. The van der Waals surface area contributed by atoms with Gasteiger partial charge in [-0.3, -0.25) is 9.59 Å². The molecule has 1 aliphatic carbocycles. The van der Waals surface area contributed by atoms with E-state index in [-0.39, 0.29) is 5.41 Å². The summed E-state index contributed by atoms with van der Waals surface area (Å²) in [6, 6.07) is -1.98. The zero-order chi connectivity index (χ0) is 18.5. The number of ether oxygens (including phenoxy) is 1. The van der Waals surface area contributed by atoms with Crippen LogP contribution >= 0.6 is 0 Å². The van der Waals surface area contributed by atoms with Crippen LogP contribution in [0.3, 0.4) is 0 Å². The van der Waals surface area contributed by atoms with Crippen molar-refractivity contribution >= 4 is 17.8 Å². The second-order valence-electron chi connectivity index (χ2n) is 7.48. The Kier molecular flexibility index (Phi) is 7.20. The fourth-order valence-corrected chi connectivity index (χ4v) is 3.73. The van der Waals surface area contributed by atoms with Crippen LogP contribution in [0.1, 0.15) is 52.9 Å². The van der Waals surface area contributed by atoms with Gasteiger partial charge >= 0.3 is 11.9 Å². The van der Waals surface area contributed by atoms with Crippen molar-refractivity contribution in [2.24, 2.45) is 23.0 Å². The van der Waals surface area contributed by atoms with Crippen molar-refractivity contribution in [3.8, 4) is 0 Å². The normalized spacial score (nSPS) is 24.9. The molecule has 0 heterocycles. The first-order valence-corrected chi connectivity index (χ1v) is 8.44. The number of carboxylic acid groups (broad SMARTS) is 1. The van der Waals surface area contributed by atoms with Gasteiger partial charge in [0.1, 0.15) is 6.04 Å². The van der Waals surface area contributed by atoms with E-state index in [2.05, 4.69) is 26.1 Å². The molecule has 0 aromatic carbocycles. The molecule has 138 valence electrons. The molecule has 3 unspecified atom stereocenters. The number of hydrogen-bond acceptors (Lipinski definition) is 5. The van der Waals surface area contributed by atoms with E-state index in [4.69, 9.17) is 15.6 Å². The van der Waals surface area contributed by atoms with Gasteiger partial charge in [-0.25, -0.2) is 4.79 Å². The molecule has 7 nitrogen and oxygen atoms in total. The molecular formula is C17H30N2O5. The number of methoxy groups -OCH3 is 1. The molecule has 1 amide bonds. The van der Waals surface area contributed by atoms with Crippen molar-refractivity contribution < 1.29 is 24.2 Å². The van der Waals surface area contributed by atoms with Crippen molar-refractivity contribution in [1.29, 1.82) is 0 Å². The molecule has 24 heavy (non-hydrogen) atoms. The Balaban J connectivity index is 2.67. The average molecular weight is 342 g/mol. The average Bonchev–Trinajstić information content (AvgIpc) is 2.75. The Labute approximate surface area is 143 Å². The molecule has 0 aromatic heterocycles. The van der Waals surface area contributed by atoms with E-state index >= 15 is 0 Å². The summed E-state index contributed by atoms with van der Waals surface area (Å²) in [6.45, 7) is 6.68. The van der Waals surface area contributed by atoms with Crippen LogP contribution in [0.2, 0.25) is 0 Å². The van der Waals surface area contributed by atoms with Gasteiger partial charge in [0.25, 0.3) is 0 Å². The van der Waals surface area contributed by atoms with Crippen LogP contribution in [-0.2, 0) is 19.1 Å². The minimum Gasteiger partial charge on any atom is -0.481 e. The molecule has 1 fully saturated rings. The topological polar surface area (TPSA) is 119 Å². The minimum atomic E-state index is -1.18. The number of esters is 1. The summed E-state index contributed by atoms with van der Waals surface area (Å²) in [6.07, 6.45) is 3.08. The minimum absolute atomic E-state index is 0.212. The zero-order valence-corrected chi connectivity index (χ0v) is 15.0. The van der Waals surface area contributed by atoms with Crippen LogP contribution in [0.15, 0.2) is 0 Å². The Morgan fingerprint density at radius 1 is 1.38 bits per heavy atom. The third kappa shape index (κ3) is 5.47. The molecule has 7 heteroatoms. The summed E-state index contributed by atoms with van der Waals surface area (Å²) < 4.78 is 4.76. The van der Waals surface area contributed by atoms with E-state index < -0.39 is 36.4 Å². The predicted molar refractivity (Wildman–Crippen MR) is 89.1 cm³/mol. The van der Waals surface area contributed by atoms with Crippen molar-refractivity contribution in [2.45, 2.75) is 65.0 Å². The highest BCUT2D eigenvalue weighted by atomic mass is 16.5. The lowest BCUT2D eigenvalue weighted by Gasteiger charge is -2.31. The number of carboxylic acids is 1. The molecule has 0 radical (unpaired) electrons. The highest BCUT2D eigenvalue weighted by Crippen LogP contribution is 2.48. The fraction of sp³-hybridized carbons (Fsp3) is 0.824. The molecule has 4 atom stereocenters. The van der Waals surface area contributed by atoms with Gasteiger partial charge in [-0.1, -0.05) is 20.8 Å².